The maximum Gasteiger partial charge on any atom is 0.271 e. The highest BCUT2D eigenvalue weighted by atomic mass is 32.2. The Hall–Kier alpha value is -3.92. The van der Waals surface area contributed by atoms with E-state index < -0.39 is 20.9 Å². The van der Waals surface area contributed by atoms with E-state index in [9.17, 15) is 23.3 Å². The number of hydrogen-bond acceptors (Lipinski definition) is 6. The summed E-state index contributed by atoms with van der Waals surface area (Å²) in [5.41, 5.74) is 1.71. The van der Waals surface area contributed by atoms with Gasteiger partial charge in [0.25, 0.3) is 21.6 Å². The third-order valence-corrected chi connectivity index (χ3v) is 6.53. The van der Waals surface area contributed by atoms with Gasteiger partial charge < -0.3 is 9.64 Å². The minimum Gasteiger partial charge on any atom is -0.497 e. The van der Waals surface area contributed by atoms with Crippen LogP contribution in [0.2, 0.25) is 0 Å². The Balaban J connectivity index is 1.60. The van der Waals surface area contributed by atoms with Gasteiger partial charge in [-0.2, -0.15) is 0 Å². The van der Waals surface area contributed by atoms with Crippen LogP contribution in [0.15, 0.2) is 71.6 Å². The van der Waals surface area contributed by atoms with Crippen LogP contribution in [0, 0.1) is 10.1 Å². The summed E-state index contributed by atoms with van der Waals surface area (Å²) in [7, 11) is -2.43. The molecule has 3 aromatic rings. The number of carbonyl (C=O) groups is 1. The Labute approximate surface area is 184 Å². The Bertz CT molecular complexity index is 1310. The lowest BCUT2D eigenvalue weighted by Crippen LogP contribution is -2.29. The van der Waals surface area contributed by atoms with Crippen LogP contribution >= 0.6 is 0 Å². The first-order valence-electron chi connectivity index (χ1n) is 9.64. The van der Waals surface area contributed by atoms with E-state index in [1.165, 1.54) is 48.4 Å². The van der Waals surface area contributed by atoms with E-state index >= 15 is 0 Å². The molecule has 0 saturated carbocycles. The molecule has 0 radical (unpaired) electrons. The smallest absolute Gasteiger partial charge is 0.271 e. The molecule has 0 saturated heterocycles. The third kappa shape index (κ3) is 4.12. The average Bonchev–Trinajstić information content (AvgIpc) is 3.22. The second-order valence-electron chi connectivity index (χ2n) is 7.14. The molecule has 3 aromatic carbocycles. The molecule has 164 valence electrons. The van der Waals surface area contributed by atoms with Crippen LogP contribution in [-0.4, -0.2) is 32.9 Å². The lowest BCUT2D eigenvalue weighted by Gasteiger charge is -2.18. The van der Waals surface area contributed by atoms with E-state index in [4.69, 9.17) is 4.74 Å². The zero-order valence-corrected chi connectivity index (χ0v) is 17.8. The summed E-state index contributed by atoms with van der Waals surface area (Å²) >= 11 is 0. The zero-order valence-electron chi connectivity index (χ0n) is 17.0. The second kappa shape index (κ2) is 8.31. The molecular formula is C22H19N3O6S. The number of anilines is 2. The van der Waals surface area contributed by atoms with Crippen molar-refractivity contribution in [1.82, 2.24) is 0 Å². The summed E-state index contributed by atoms with van der Waals surface area (Å²) in [6, 6.07) is 16.5. The molecule has 0 aliphatic carbocycles. The van der Waals surface area contributed by atoms with Crippen molar-refractivity contribution in [3.05, 3.63) is 88.0 Å². The van der Waals surface area contributed by atoms with Crippen molar-refractivity contribution in [1.29, 1.82) is 0 Å². The van der Waals surface area contributed by atoms with Gasteiger partial charge in [-0.05, 0) is 54.4 Å². The number of ether oxygens (including phenoxy) is 1. The van der Waals surface area contributed by atoms with Crippen molar-refractivity contribution in [2.24, 2.45) is 0 Å². The number of non-ortho nitro benzene ring substituents is 1. The quantitative estimate of drug-likeness (QED) is 0.450. The fourth-order valence-electron chi connectivity index (χ4n) is 3.52. The largest absolute Gasteiger partial charge is 0.497 e. The summed E-state index contributed by atoms with van der Waals surface area (Å²) in [4.78, 5) is 25.1. The molecule has 1 amide bonds. The number of methoxy groups -OCH3 is 1. The molecule has 0 fully saturated rings. The van der Waals surface area contributed by atoms with Crippen LogP contribution < -0.4 is 14.4 Å². The van der Waals surface area contributed by atoms with Crippen molar-refractivity contribution < 1.29 is 22.9 Å². The minimum absolute atomic E-state index is 0.0716. The van der Waals surface area contributed by atoms with Crippen LogP contribution in [0.5, 0.6) is 5.75 Å². The van der Waals surface area contributed by atoms with E-state index in [0.29, 0.717) is 30.1 Å². The van der Waals surface area contributed by atoms with Gasteiger partial charge >= 0.3 is 0 Å². The number of nitrogens with one attached hydrogen (secondary N) is 1. The first-order chi connectivity index (χ1) is 15.3. The molecule has 1 heterocycles. The molecule has 1 N–H and O–H groups in total. The Kier molecular flexibility index (Phi) is 5.54. The molecule has 1 aliphatic rings. The maximum absolute atomic E-state index is 13.1. The normalized spacial score (nSPS) is 12.8. The molecule has 10 heteroatoms. The maximum atomic E-state index is 13.1. The molecule has 32 heavy (non-hydrogen) atoms. The van der Waals surface area contributed by atoms with E-state index in [-0.39, 0.29) is 16.1 Å². The Morgan fingerprint density at radius 1 is 1.09 bits per heavy atom. The van der Waals surface area contributed by atoms with Crippen molar-refractivity contribution in [3.8, 4) is 5.75 Å². The van der Waals surface area contributed by atoms with Crippen LogP contribution in [0.25, 0.3) is 0 Å². The Morgan fingerprint density at radius 3 is 2.53 bits per heavy atom. The van der Waals surface area contributed by atoms with Crippen molar-refractivity contribution in [2.75, 3.05) is 23.3 Å². The first kappa shape index (κ1) is 21.3. The Morgan fingerprint density at radius 2 is 1.84 bits per heavy atom. The first-order valence-corrected chi connectivity index (χ1v) is 11.1. The van der Waals surface area contributed by atoms with Crippen molar-refractivity contribution >= 4 is 33.0 Å². The summed E-state index contributed by atoms with van der Waals surface area (Å²) in [5.74, 6) is 0.164. The molecule has 0 bridgehead atoms. The SMILES string of the molecule is COc1ccc(NS(=O)(=O)c2cccc(C(=O)N3CCc4ccc([N+](=O)[O-])cc43)c2)cc1. The molecule has 0 unspecified atom stereocenters. The van der Waals surface area contributed by atoms with Crippen LogP contribution in [0.3, 0.4) is 0 Å². The third-order valence-electron chi connectivity index (χ3n) is 5.15. The number of nitro groups is 1. The highest BCUT2D eigenvalue weighted by Gasteiger charge is 2.28. The van der Waals surface area contributed by atoms with E-state index in [2.05, 4.69) is 4.72 Å². The van der Waals surface area contributed by atoms with Gasteiger partial charge in [-0.15, -0.1) is 0 Å². The lowest BCUT2D eigenvalue weighted by atomic mass is 10.1. The predicted molar refractivity (Wildman–Crippen MR) is 119 cm³/mol. The molecule has 0 atom stereocenters. The highest BCUT2D eigenvalue weighted by molar-refractivity contribution is 7.92. The number of rotatable bonds is 6. The summed E-state index contributed by atoms with van der Waals surface area (Å²) in [6.07, 6.45) is 0.566. The van der Waals surface area contributed by atoms with Gasteiger partial charge in [0, 0.05) is 29.9 Å². The molecule has 1 aliphatic heterocycles. The van der Waals surface area contributed by atoms with Gasteiger partial charge in [0.15, 0.2) is 0 Å². The number of sulfonamides is 1. The van der Waals surface area contributed by atoms with Crippen molar-refractivity contribution in [2.45, 2.75) is 11.3 Å². The van der Waals surface area contributed by atoms with Gasteiger partial charge in [0.2, 0.25) is 0 Å². The van der Waals surface area contributed by atoms with E-state index in [0.717, 1.165) is 5.56 Å². The number of hydrogen-bond donors (Lipinski definition) is 1. The van der Waals surface area contributed by atoms with E-state index in [1.807, 2.05) is 0 Å². The summed E-state index contributed by atoms with van der Waals surface area (Å²) in [6.45, 7) is 0.358. The number of benzene rings is 3. The van der Waals surface area contributed by atoms with Gasteiger partial charge in [0.05, 0.1) is 22.6 Å². The fraction of sp³-hybridized carbons (Fsp3) is 0.136. The van der Waals surface area contributed by atoms with E-state index in [1.54, 1.807) is 30.3 Å². The monoisotopic (exact) mass is 453 g/mol. The van der Waals surface area contributed by atoms with Crippen LogP contribution in [0.4, 0.5) is 17.1 Å². The lowest BCUT2D eigenvalue weighted by molar-refractivity contribution is -0.384. The molecule has 4 rings (SSSR count). The number of nitrogens with zero attached hydrogens (tertiary/aromatic N) is 2. The van der Waals surface area contributed by atoms with Crippen LogP contribution in [0.1, 0.15) is 15.9 Å². The average molecular weight is 453 g/mol. The van der Waals surface area contributed by atoms with Gasteiger partial charge in [-0.25, -0.2) is 8.42 Å². The summed E-state index contributed by atoms with van der Waals surface area (Å²) < 4.78 is 33.2. The highest BCUT2D eigenvalue weighted by Crippen LogP contribution is 2.33. The molecule has 0 spiro atoms. The fourth-order valence-corrected chi connectivity index (χ4v) is 4.62. The minimum atomic E-state index is -3.94. The number of amides is 1. The zero-order chi connectivity index (χ0) is 22.9. The number of nitro benzene ring substituents is 1. The van der Waals surface area contributed by atoms with Gasteiger partial charge in [-0.3, -0.25) is 19.6 Å². The van der Waals surface area contributed by atoms with Crippen LogP contribution in [-0.2, 0) is 16.4 Å². The number of fused-ring (bicyclic) bond motifs is 1. The molecule has 0 aromatic heterocycles. The molecular weight excluding hydrogens is 434 g/mol. The molecule has 9 nitrogen and oxygen atoms in total. The van der Waals surface area contributed by atoms with Gasteiger partial charge in [0.1, 0.15) is 5.75 Å². The predicted octanol–water partition coefficient (Wildman–Crippen LogP) is 3.61. The second-order valence-corrected chi connectivity index (χ2v) is 8.82. The summed E-state index contributed by atoms with van der Waals surface area (Å²) in [5, 5.41) is 11.1. The topological polar surface area (TPSA) is 119 Å². The van der Waals surface area contributed by atoms with Crippen molar-refractivity contribution in [3.63, 3.8) is 0 Å². The number of carbonyl (C=O) groups excluding carboxylic acids is 1. The van der Waals surface area contributed by atoms with Gasteiger partial charge in [-0.1, -0.05) is 12.1 Å². The standard InChI is InChI=1S/C22H19N3O6S/c1-31-19-9-6-17(7-10-19)23-32(29,30)20-4-2-3-16(13-20)22(26)24-12-11-15-5-8-18(25(27)28)14-21(15)24/h2-10,13-14,23H,11-12H2,1H3.